The van der Waals surface area contributed by atoms with Crippen molar-refractivity contribution in [3.05, 3.63) is 101 Å². The number of hydrogen-bond acceptors (Lipinski definition) is 3. The Kier molecular flexibility index (Phi) is 8.11. The summed E-state index contributed by atoms with van der Waals surface area (Å²) in [7, 11) is 3.18. The van der Waals surface area contributed by atoms with Crippen molar-refractivity contribution in [2.24, 2.45) is 0 Å². The maximum Gasteiger partial charge on any atom is 0.416 e. The van der Waals surface area contributed by atoms with Crippen LogP contribution in [0.3, 0.4) is 0 Å². The van der Waals surface area contributed by atoms with Crippen LogP contribution in [0, 0.1) is 0 Å². The molecule has 0 spiro atoms. The first-order chi connectivity index (χ1) is 15.8. The van der Waals surface area contributed by atoms with E-state index >= 15 is 0 Å². The number of alkyl halides is 3. The van der Waals surface area contributed by atoms with Crippen molar-refractivity contribution in [1.29, 1.82) is 0 Å². The second kappa shape index (κ2) is 11.0. The number of nitrogens with one attached hydrogen (secondary N) is 2. The lowest BCUT2D eigenvalue weighted by atomic mass is 9.96. The lowest BCUT2D eigenvalue weighted by Crippen LogP contribution is -2.38. The summed E-state index contributed by atoms with van der Waals surface area (Å²) in [6.45, 7) is 0. The van der Waals surface area contributed by atoms with Gasteiger partial charge in [0.2, 0.25) is 5.91 Å². The average molecular weight is 457 g/mol. The van der Waals surface area contributed by atoms with Gasteiger partial charge in [0, 0.05) is 13.1 Å². The zero-order valence-electron chi connectivity index (χ0n) is 18.5. The van der Waals surface area contributed by atoms with Crippen LogP contribution in [0.25, 0.3) is 0 Å². The van der Waals surface area contributed by atoms with E-state index in [1.807, 2.05) is 54.6 Å². The molecular formula is C26H27F3N2O2. The molecule has 0 saturated carbocycles. The van der Waals surface area contributed by atoms with Gasteiger partial charge in [-0.3, -0.25) is 10.1 Å². The lowest BCUT2D eigenvalue weighted by molar-refractivity contribution is -0.137. The van der Waals surface area contributed by atoms with Crippen LogP contribution in [-0.2, 0) is 17.4 Å². The van der Waals surface area contributed by atoms with Gasteiger partial charge in [0.1, 0.15) is 11.8 Å². The molecule has 0 fully saturated rings. The molecule has 33 heavy (non-hydrogen) atoms. The molecule has 2 atom stereocenters. The summed E-state index contributed by atoms with van der Waals surface area (Å²) in [5.41, 5.74) is 1.90. The molecule has 0 bridgehead atoms. The van der Waals surface area contributed by atoms with Crippen LogP contribution in [0.1, 0.15) is 40.8 Å². The van der Waals surface area contributed by atoms with Crippen molar-refractivity contribution >= 4 is 5.91 Å². The molecule has 0 aromatic heterocycles. The standard InChI is InChI=1S/C26H27F3N2O2/c1-30-25(32)24(20-6-4-3-5-7-20)31-23(19-11-15-22(33-2)16-12-19)17-10-18-8-13-21(14-9-18)26(27,28)29/h3-9,11-16,23-24,31H,10,17H2,1-2H3,(H,30,32). The van der Waals surface area contributed by atoms with Crippen LogP contribution in [0.4, 0.5) is 13.2 Å². The lowest BCUT2D eigenvalue weighted by Gasteiger charge is -2.26. The number of aryl methyl sites for hydroxylation is 1. The Morgan fingerprint density at radius 2 is 1.55 bits per heavy atom. The number of benzene rings is 3. The molecule has 0 aliphatic rings. The Balaban J connectivity index is 1.84. The molecule has 3 aromatic rings. The van der Waals surface area contributed by atoms with E-state index in [2.05, 4.69) is 10.6 Å². The van der Waals surface area contributed by atoms with E-state index in [-0.39, 0.29) is 11.9 Å². The molecule has 4 nitrogen and oxygen atoms in total. The van der Waals surface area contributed by atoms with Crippen LogP contribution in [0.5, 0.6) is 5.75 Å². The first kappa shape index (κ1) is 24.3. The topological polar surface area (TPSA) is 50.4 Å². The highest BCUT2D eigenvalue weighted by Crippen LogP contribution is 2.30. The molecule has 1 amide bonds. The van der Waals surface area contributed by atoms with E-state index in [1.165, 1.54) is 12.1 Å². The van der Waals surface area contributed by atoms with E-state index in [0.717, 1.165) is 28.8 Å². The molecule has 0 heterocycles. The smallest absolute Gasteiger partial charge is 0.416 e. The molecule has 3 rings (SSSR count). The van der Waals surface area contributed by atoms with Crippen LogP contribution in [0.15, 0.2) is 78.9 Å². The summed E-state index contributed by atoms with van der Waals surface area (Å²) in [6.07, 6.45) is -3.24. The third-order valence-corrected chi connectivity index (χ3v) is 5.53. The highest BCUT2D eigenvalue weighted by Gasteiger charge is 2.30. The Hall–Kier alpha value is -3.32. The first-order valence-corrected chi connectivity index (χ1v) is 10.6. The van der Waals surface area contributed by atoms with Gasteiger partial charge in [-0.2, -0.15) is 13.2 Å². The average Bonchev–Trinajstić information content (AvgIpc) is 2.84. The van der Waals surface area contributed by atoms with E-state index < -0.39 is 17.8 Å². The third-order valence-electron chi connectivity index (χ3n) is 5.53. The van der Waals surface area contributed by atoms with Gasteiger partial charge in [0.05, 0.1) is 12.7 Å². The minimum Gasteiger partial charge on any atom is -0.497 e. The molecule has 2 N–H and O–H groups in total. The molecule has 174 valence electrons. The maximum absolute atomic E-state index is 12.9. The zero-order valence-corrected chi connectivity index (χ0v) is 18.5. The van der Waals surface area contributed by atoms with Crippen LogP contribution in [0.2, 0.25) is 0 Å². The summed E-state index contributed by atoms with van der Waals surface area (Å²) in [6, 6.07) is 21.3. The normalized spacial score (nSPS) is 13.2. The first-order valence-electron chi connectivity index (χ1n) is 10.6. The van der Waals surface area contributed by atoms with Gasteiger partial charge >= 0.3 is 6.18 Å². The number of rotatable bonds is 9. The second-order valence-corrected chi connectivity index (χ2v) is 7.68. The van der Waals surface area contributed by atoms with E-state index in [9.17, 15) is 18.0 Å². The number of halogens is 3. The molecule has 0 radical (unpaired) electrons. The van der Waals surface area contributed by atoms with Crippen molar-refractivity contribution in [1.82, 2.24) is 10.6 Å². The molecular weight excluding hydrogens is 429 g/mol. The Labute approximate surface area is 191 Å². The van der Waals surface area contributed by atoms with Crippen LogP contribution >= 0.6 is 0 Å². The number of amides is 1. The second-order valence-electron chi connectivity index (χ2n) is 7.68. The predicted octanol–water partition coefficient (Wildman–Crippen LogP) is 5.46. The van der Waals surface area contributed by atoms with Crippen LogP contribution in [-0.4, -0.2) is 20.1 Å². The Morgan fingerprint density at radius 3 is 2.09 bits per heavy atom. The van der Waals surface area contributed by atoms with Crippen molar-refractivity contribution in [2.75, 3.05) is 14.2 Å². The fraction of sp³-hybridized carbons (Fsp3) is 0.269. The van der Waals surface area contributed by atoms with Gasteiger partial charge in [-0.05, 0) is 53.8 Å². The van der Waals surface area contributed by atoms with Gasteiger partial charge in [0.15, 0.2) is 0 Å². The number of carbonyl (C=O) groups excluding carboxylic acids is 1. The fourth-order valence-corrected chi connectivity index (χ4v) is 3.67. The highest BCUT2D eigenvalue weighted by molar-refractivity contribution is 5.83. The molecule has 3 aromatic carbocycles. The summed E-state index contributed by atoms with van der Waals surface area (Å²) in [5.74, 6) is 0.542. The van der Waals surface area contributed by atoms with Gasteiger partial charge < -0.3 is 10.1 Å². The van der Waals surface area contributed by atoms with Crippen molar-refractivity contribution < 1.29 is 22.7 Å². The van der Waals surface area contributed by atoms with Crippen molar-refractivity contribution in [3.63, 3.8) is 0 Å². The molecule has 0 saturated heterocycles. The molecule has 0 aliphatic carbocycles. The minimum atomic E-state index is -4.36. The van der Waals surface area contributed by atoms with Crippen molar-refractivity contribution in [2.45, 2.75) is 31.1 Å². The summed E-state index contributed by atoms with van der Waals surface area (Å²) < 4.78 is 43.9. The largest absolute Gasteiger partial charge is 0.497 e. The van der Waals surface area contributed by atoms with Gasteiger partial charge in [-0.15, -0.1) is 0 Å². The molecule has 2 unspecified atom stereocenters. The quantitative estimate of drug-likeness (QED) is 0.449. The van der Waals surface area contributed by atoms with Crippen LogP contribution < -0.4 is 15.4 Å². The number of methoxy groups -OCH3 is 1. The fourth-order valence-electron chi connectivity index (χ4n) is 3.67. The summed E-state index contributed by atoms with van der Waals surface area (Å²) >= 11 is 0. The SMILES string of the molecule is CNC(=O)C(NC(CCc1ccc(C(F)(F)F)cc1)c1ccc(OC)cc1)c1ccccc1. The third kappa shape index (κ3) is 6.58. The number of ether oxygens (including phenoxy) is 1. The van der Waals surface area contributed by atoms with Crippen molar-refractivity contribution in [3.8, 4) is 5.75 Å². The van der Waals surface area contributed by atoms with Gasteiger partial charge in [-0.1, -0.05) is 54.6 Å². The van der Waals surface area contributed by atoms with E-state index in [1.54, 1.807) is 14.2 Å². The number of hydrogen-bond donors (Lipinski definition) is 2. The number of carbonyl (C=O) groups is 1. The predicted molar refractivity (Wildman–Crippen MR) is 122 cm³/mol. The Morgan fingerprint density at radius 1 is 0.909 bits per heavy atom. The summed E-state index contributed by atoms with van der Waals surface area (Å²) in [4.78, 5) is 12.7. The van der Waals surface area contributed by atoms with Gasteiger partial charge in [0.25, 0.3) is 0 Å². The van der Waals surface area contributed by atoms with E-state index in [4.69, 9.17) is 4.74 Å². The molecule has 7 heteroatoms. The van der Waals surface area contributed by atoms with E-state index in [0.29, 0.717) is 18.6 Å². The summed E-state index contributed by atoms with van der Waals surface area (Å²) in [5, 5.41) is 6.15. The number of likely N-dealkylation sites (N-methyl/N-ethyl adjacent to an activating group) is 1. The minimum absolute atomic E-state index is 0.172. The molecule has 0 aliphatic heterocycles. The zero-order chi connectivity index (χ0) is 23.8. The maximum atomic E-state index is 12.9. The monoisotopic (exact) mass is 456 g/mol. The highest BCUT2D eigenvalue weighted by atomic mass is 19.4. The Bertz CT molecular complexity index is 1020. The van der Waals surface area contributed by atoms with Gasteiger partial charge in [-0.25, -0.2) is 0 Å².